The third-order valence-electron chi connectivity index (χ3n) is 2.20. The number of nitrogens with one attached hydrogen (secondary N) is 2. The maximum absolute atomic E-state index is 5.24. The summed E-state index contributed by atoms with van der Waals surface area (Å²) in [5, 5.41) is 6.60. The molecule has 3 heteroatoms. The van der Waals surface area contributed by atoms with Crippen LogP contribution in [-0.2, 0) is 4.74 Å². The van der Waals surface area contributed by atoms with Crippen molar-refractivity contribution in [3.05, 3.63) is 12.3 Å². The minimum atomic E-state index is 0.202. The highest BCUT2D eigenvalue weighted by molar-refractivity contribution is 5.09. The molecule has 0 spiro atoms. The Balaban J connectivity index is 2.28. The van der Waals surface area contributed by atoms with E-state index in [1.165, 1.54) is 0 Å². The highest BCUT2D eigenvalue weighted by Gasteiger charge is 2.26. The lowest BCUT2D eigenvalue weighted by atomic mass is 10.2. The van der Waals surface area contributed by atoms with Crippen LogP contribution in [0.4, 0.5) is 0 Å². The minimum Gasteiger partial charge on any atom is -0.383 e. The van der Waals surface area contributed by atoms with Gasteiger partial charge in [0.2, 0.25) is 0 Å². The van der Waals surface area contributed by atoms with E-state index in [9.17, 15) is 0 Å². The van der Waals surface area contributed by atoms with Gasteiger partial charge in [0, 0.05) is 31.8 Å². The second kappa shape index (κ2) is 4.48. The Morgan fingerprint density at radius 3 is 3.00 bits per heavy atom. The van der Waals surface area contributed by atoms with E-state index >= 15 is 0 Å². The van der Waals surface area contributed by atoms with Crippen LogP contribution < -0.4 is 10.6 Å². The molecule has 0 unspecified atom stereocenters. The van der Waals surface area contributed by atoms with E-state index in [1.807, 2.05) is 0 Å². The molecule has 1 heterocycles. The van der Waals surface area contributed by atoms with Gasteiger partial charge in [0.05, 0.1) is 6.10 Å². The van der Waals surface area contributed by atoms with Crippen molar-refractivity contribution in [3.63, 3.8) is 0 Å². The molecule has 1 aliphatic heterocycles. The first-order chi connectivity index (χ1) is 5.77. The molecule has 0 radical (unpaired) electrons. The van der Waals surface area contributed by atoms with Gasteiger partial charge in [-0.2, -0.15) is 0 Å². The van der Waals surface area contributed by atoms with E-state index in [1.54, 1.807) is 7.11 Å². The van der Waals surface area contributed by atoms with E-state index in [0.717, 1.165) is 25.2 Å². The topological polar surface area (TPSA) is 33.3 Å². The second-order valence-electron chi connectivity index (χ2n) is 3.13. The van der Waals surface area contributed by atoms with Crippen LogP contribution in [0.2, 0.25) is 0 Å². The van der Waals surface area contributed by atoms with Crippen molar-refractivity contribution < 1.29 is 4.74 Å². The Hall–Kier alpha value is -0.540. The smallest absolute Gasteiger partial charge is 0.0979 e. The molecule has 1 fully saturated rings. The minimum absolute atomic E-state index is 0.202. The van der Waals surface area contributed by atoms with Gasteiger partial charge in [-0.3, -0.25) is 0 Å². The summed E-state index contributed by atoms with van der Waals surface area (Å²) >= 11 is 0. The summed E-state index contributed by atoms with van der Waals surface area (Å²) in [6.07, 6.45) is 1.23. The van der Waals surface area contributed by atoms with Crippen LogP contribution in [0.15, 0.2) is 12.3 Å². The van der Waals surface area contributed by atoms with Gasteiger partial charge >= 0.3 is 0 Å². The molecule has 0 aromatic rings. The molecule has 1 saturated heterocycles. The Labute approximate surface area is 74.2 Å². The largest absolute Gasteiger partial charge is 0.383 e. The van der Waals surface area contributed by atoms with Gasteiger partial charge in [-0.1, -0.05) is 13.5 Å². The van der Waals surface area contributed by atoms with Crippen molar-refractivity contribution in [1.29, 1.82) is 0 Å². The molecule has 0 saturated carbocycles. The van der Waals surface area contributed by atoms with Gasteiger partial charge in [0.1, 0.15) is 0 Å². The zero-order chi connectivity index (χ0) is 8.97. The normalized spacial score (nSPS) is 29.0. The monoisotopic (exact) mass is 170 g/mol. The van der Waals surface area contributed by atoms with E-state index in [0.29, 0.717) is 6.04 Å². The average Bonchev–Trinajstić information content (AvgIpc) is 2.43. The third-order valence-corrected chi connectivity index (χ3v) is 2.20. The first kappa shape index (κ1) is 9.55. The van der Waals surface area contributed by atoms with Crippen LogP contribution in [0, 0.1) is 0 Å². The lowest BCUT2D eigenvalue weighted by Gasteiger charge is -2.09. The van der Waals surface area contributed by atoms with Gasteiger partial charge in [-0.15, -0.1) is 0 Å². The summed E-state index contributed by atoms with van der Waals surface area (Å²) in [7, 11) is 1.73. The first-order valence-corrected chi connectivity index (χ1v) is 4.46. The average molecular weight is 170 g/mol. The summed E-state index contributed by atoms with van der Waals surface area (Å²) in [6.45, 7) is 8.02. The lowest BCUT2D eigenvalue weighted by molar-refractivity contribution is 0.134. The maximum atomic E-state index is 5.24. The van der Waals surface area contributed by atoms with Crippen molar-refractivity contribution in [2.75, 3.05) is 20.2 Å². The Kier molecular flexibility index (Phi) is 3.56. The molecule has 0 aromatic heterocycles. The number of hydrogen-bond donors (Lipinski definition) is 2. The molecule has 1 rings (SSSR count). The summed E-state index contributed by atoms with van der Waals surface area (Å²) in [4.78, 5) is 0. The standard InChI is InChI=1S/C9H18N2O/c1-4-10-6-8-5-9(12-3)7(2)11-8/h8-11H,2,4-6H2,1,3H3/t8-,9+/m0/s1. The summed E-state index contributed by atoms with van der Waals surface area (Å²) < 4.78 is 5.24. The number of methoxy groups -OCH3 is 1. The van der Waals surface area contributed by atoms with E-state index in [4.69, 9.17) is 4.74 Å². The maximum Gasteiger partial charge on any atom is 0.0979 e. The van der Waals surface area contributed by atoms with Crippen LogP contribution in [-0.4, -0.2) is 32.3 Å². The zero-order valence-corrected chi connectivity index (χ0v) is 7.89. The molecule has 3 nitrogen and oxygen atoms in total. The van der Waals surface area contributed by atoms with Gasteiger partial charge in [-0.05, 0) is 6.54 Å². The van der Waals surface area contributed by atoms with Crippen LogP contribution in [0.5, 0.6) is 0 Å². The van der Waals surface area contributed by atoms with Crippen LogP contribution in [0.1, 0.15) is 13.3 Å². The lowest BCUT2D eigenvalue weighted by Crippen LogP contribution is -2.33. The molecule has 0 amide bonds. The molecule has 1 aliphatic rings. The fraction of sp³-hybridized carbons (Fsp3) is 0.778. The second-order valence-corrected chi connectivity index (χ2v) is 3.13. The molecular weight excluding hydrogens is 152 g/mol. The summed E-state index contributed by atoms with van der Waals surface area (Å²) in [6, 6.07) is 0.488. The van der Waals surface area contributed by atoms with Gasteiger partial charge in [0.25, 0.3) is 0 Å². The van der Waals surface area contributed by atoms with Gasteiger partial charge in [-0.25, -0.2) is 0 Å². The highest BCUT2D eigenvalue weighted by atomic mass is 16.5. The van der Waals surface area contributed by atoms with Crippen molar-refractivity contribution in [1.82, 2.24) is 10.6 Å². The SMILES string of the molecule is C=C1N[C@H](CNCC)C[C@H]1OC. The quantitative estimate of drug-likeness (QED) is 0.644. The van der Waals surface area contributed by atoms with Crippen molar-refractivity contribution in [2.45, 2.75) is 25.5 Å². The van der Waals surface area contributed by atoms with Crippen LogP contribution in [0.3, 0.4) is 0 Å². The first-order valence-electron chi connectivity index (χ1n) is 4.46. The number of ether oxygens (including phenoxy) is 1. The molecule has 70 valence electrons. The highest BCUT2D eigenvalue weighted by Crippen LogP contribution is 2.16. The number of rotatable bonds is 4. The molecule has 12 heavy (non-hydrogen) atoms. The van der Waals surface area contributed by atoms with E-state index < -0.39 is 0 Å². The van der Waals surface area contributed by atoms with Crippen LogP contribution in [0.25, 0.3) is 0 Å². The molecular formula is C9H18N2O. The summed E-state index contributed by atoms with van der Waals surface area (Å²) in [5.74, 6) is 0. The Morgan fingerprint density at radius 2 is 2.50 bits per heavy atom. The van der Waals surface area contributed by atoms with Crippen LogP contribution >= 0.6 is 0 Å². The number of hydrogen-bond acceptors (Lipinski definition) is 3. The van der Waals surface area contributed by atoms with Gasteiger partial charge < -0.3 is 15.4 Å². The molecule has 0 aromatic carbocycles. The summed E-state index contributed by atoms with van der Waals surface area (Å²) in [5.41, 5.74) is 1.01. The number of likely N-dealkylation sites (N-methyl/N-ethyl adjacent to an activating group) is 1. The van der Waals surface area contributed by atoms with Crippen molar-refractivity contribution in [3.8, 4) is 0 Å². The predicted molar refractivity (Wildman–Crippen MR) is 50.0 cm³/mol. The van der Waals surface area contributed by atoms with Crippen molar-refractivity contribution >= 4 is 0 Å². The zero-order valence-electron chi connectivity index (χ0n) is 7.89. The predicted octanol–water partition coefficient (Wildman–Crippen LogP) is 0.486. The third kappa shape index (κ3) is 2.22. The fourth-order valence-electron chi connectivity index (χ4n) is 1.51. The fourth-order valence-corrected chi connectivity index (χ4v) is 1.51. The van der Waals surface area contributed by atoms with Crippen molar-refractivity contribution in [2.24, 2.45) is 0 Å². The molecule has 0 bridgehead atoms. The molecule has 2 N–H and O–H groups in total. The van der Waals surface area contributed by atoms with E-state index in [2.05, 4.69) is 24.1 Å². The Morgan fingerprint density at radius 1 is 1.75 bits per heavy atom. The molecule has 2 atom stereocenters. The van der Waals surface area contributed by atoms with E-state index in [-0.39, 0.29) is 6.10 Å². The Bertz CT molecular complexity index is 159. The molecule has 0 aliphatic carbocycles. The van der Waals surface area contributed by atoms with Gasteiger partial charge in [0.15, 0.2) is 0 Å².